The van der Waals surface area contributed by atoms with Crippen LogP contribution in [0, 0.1) is 0 Å². The van der Waals surface area contributed by atoms with Crippen LogP contribution < -0.4 is 14.5 Å². The zero-order chi connectivity index (χ0) is 17.5. The van der Waals surface area contributed by atoms with Crippen LogP contribution in [0.3, 0.4) is 0 Å². The van der Waals surface area contributed by atoms with Gasteiger partial charge in [0, 0.05) is 22.7 Å². The van der Waals surface area contributed by atoms with E-state index in [1.54, 1.807) is 11.3 Å². The van der Waals surface area contributed by atoms with E-state index < -0.39 is 0 Å². The molecule has 6 heteroatoms. The Bertz CT molecular complexity index is 970. The SMILES string of the molecule is CC1Cc2cc3c(cc2C(c2ccccc2)=NN1c1nccs1)OCO3. The molecule has 2 aromatic carbocycles. The number of fused-ring (bicyclic) bond motifs is 2. The Morgan fingerprint density at radius 2 is 1.92 bits per heavy atom. The van der Waals surface area contributed by atoms with Gasteiger partial charge in [-0.2, -0.15) is 5.10 Å². The molecule has 3 heterocycles. The number of hydrogen-bond acceptors (Lipinski definition) is 6. The number of ether oxygens (including phenoxy) is 2. The van der Waals surface area contributed by atoms with Gasteiger partial charge in [0.25, 0.3) is 0 Å². The molecule has 1 atom stereocenters. The molecule has 130 valence electrons. The molecule has 0 radical (unpaired) electrons. The molecule has 0 N–H and O–H groups in total. The van der Waals surface area contributed by atoms with Gasteiger partial charge in [0.1, 0.15) is 0 Å². The van der Waals surface area contributed by atoms with Crippen molar-refractivity contribution in [3.8, 4) is 11.5 Å². The second-order valence-electron chi connectivity index (χ2n) is 6.39. The van der Waals surface area contributed by atoms with Crippen molar-refractivity contribution in [1.82, 2.24) is 4.98 Å². The molecule has 1 unspecified atom stereocenters. The van der Waals surface area contributed by atoms with Gasteiger partial charge in [-0.3, -0.25) is 0 Å². The van der Waals surface area contributed by atoms with Crippen LogP contribution >= 0.6 is 11.3 Å². The highest BCUT2D eigenvalue weighted by Gasteiger charge is 2.28. The first-order valence-corrected chi connectivity index (χ1v) is 9.43. The highest BCUT2D eigenvalue weighted by Crippen LogP contribution is 2.38. The van der Waals surface area contributed by atoms with Crippen LogP contribution in [-0.2, 0) is 6.42 Å². The van der Waals surface area contributed by atoms with Crippen molar-refractivity contribution < 1.29 is 9.47 Å². The van der Waals surface area contributed by atoms with Crippen molar-refractivity contribution in [3.63, 3.8) is 0 Å². The van der Waals surface area contributed by atoms with E-state index in [9.17, 15) is 0 Å². The Hall–Kier alpha value is -2.86. The molecule has 3 aromatic rings. The Morgan fingerprint density at radius 3 is 2.69 bits per heavy atom. The number of aromatic nitrogens is 1. The monoisotopic (exact) mass is 363 g/mol. The minimum Gasteiger partial charge on any atom is -0.454 e. The maximum absolute atomic E-state index is 5.61. The van der Waals surface area contributed by atoms with E-state index in [1.165, 1.54) is 5.56 Å². The van der Waals surface area contributed by atoms with Gasteiger partial charge in [-0.1, -0.05) is 30.3 Å². The summed E-state index contributed by atoms with van der Waals surface area (Å²) in [5.74, 6) is 1.59. The predicted octanol–water partition coefficient (Wildman–Crippen LogP) is 4.08. The summed E-state index contributed by atoms with van der Waals surface area (Å²) >= 11 is 1.60. The van der Waals surface area contributed by atoms with Gasteiger partial charge in [-0.25, -0.2) is 9.99 Å². The maximum Gasteiger partial charge on any atom is 0.231 e. The van der Waals surface area contributed by atoms with Crippen LogP contribution in [0.2, 0.25) is 0 Å². The minimum atomic E-state index is 0.182. The zero-order valence-corrected chi connectivity index (χ0v) is 15.1. The molecule has 0 bridgehead atoms. The van der Waals surface area contributed by atoms with Crippen molar-refractivity contribution >= 4 is 22.2 Å². The molecular formula is C20H17N3O2S. The van der Waals surface area contributed by atoms with Crippen molar-refractivity contribution in [2.45, 2.75) is 19.4 Å². The third-order valence-corrected chi connectivity index (χ3v) is 5.42. The Balaban J connectivity index is 1.72. The molecule has 1 aromatic heterocycles. The number of rotatable bonds is 2. The first-order valence-electron chi connectivity index (χ1n) is 8.55. The van der Waals surface area contributed by atoms with E-state index in [4.69, 9.17) is 14.6 Å². The van der Waals surface area contributed by atoms with Gasteiger partial charge in [0.15, 0.2) is 11.5 Å². The van der Waals surface area contributed by atoms with Crippen LogP contribution in [0.25, 0.3) is 0 Å². The number of hydrogen-bond donors (Lipinski definition) is 0. The molecule has 0 aliphatic carbocycles. The lowest BCUT2D eigenvalue weighted by Crippen LogP contribution is -2.29. The van der Waals surface area contributed by atoms with Gasteiger partial charge in [-0.05, 0) is 31.0 Å². The normalized spacial score (nSPS) is 18.3. The van der Waals surface area contributed by atoms with E-state index in [0.717, 1.165) is 39.9 Å². The third kappa shape index (κ3) is 2.54. The number of nitrogens with zero attached hydrogens (tertiary/aromatic N) is 3. The molecule has 0 saturated carbocycles. The lowest BCUT2D eigenvalue weighted by molar-refractivity contribution is 0.174. The third-order valence-electron chi connectivity index (χ3n) is 4.66. The van der Waals surface area contributed by atoms with Gasteiger partial charge in [-0.15, -0.1) is 11.3 Å². The fourth-order valence-electron chi connectivity index (χ4n) is 3.41. The molecule has 5 rings (SSSR count). The smallest absolute Gasteiger partial charge is 0.231 e. The van der Waals surface area contributed by atoms with Gasteiger partial charge < -0.3 is 9.47 Å². The van der Waals surface area contributed by atoms with Gasteiger partial charge in [0.05, 0.1) is 11.8 Å². The fourth-order valence-corrected chi connectivity index (χ4v) is 4.10. The zero-order valence-electron chi connectivity index (χ0n) is 14.3. The Kier molecular flexibility index (Phi) is 3.64. The van der Waals surface area contributed by atoms with Crippen molar-refractivity contribution in [3.05, 3.63) is 70.7 Å². The molecule has 0 saturated heterocycles. The van der Waals surface area contributed by atoms with Crippen LogP contribution in [0.5, 0.6) is 11.5 Å². The van der Waals surface area contributed by atoms with Gasteiger partial charge in [0.2, 0.25) is 11.9 Å². The summed E-state index contributed by atoms with van der Waals surface area (Å²) < 4.78 is 11.2. The summed E-state index contributed by atoms with van der Waals surface area (Å²) in [5, 5.41) is 9.95. The van der Waals surface area contributed by atoms with E-state index >= 15 is 0 Å². The van der Waals surface area contributed by atoms with Crippen molar-refractivity contribution in [1.29, 1.82) is 0 Å². The number of hydrazone groups is 1. The van der Waals surface area contributed by atoms with E-state index in [2.05, 4.69) is 36.2 Å². The number of benzene rings is 2. The van der Waals surface area contributed by atoms with Gasteiger partial charge >= 0.3 is 0 Å². The molecule has 0 amide bonds. The highest BCUT2D eigenvalue weighted by molar-refractivity contribution is 7.13. The summed E-state index contributed by atoms with van der Waals surface area (Å²) in [7, 11) is 0. The van der Waals surface area contributed by atoms with E-state index in [1.807, 2.05) is 34.8 Å². The summed E-state index contributed by atoms with van der Waals surface area (Å²) in [4.78, 5) is 4.47. The molecule has 0 fully saturated rings. The summed E-state index contributed by atoms with van der Waals surface area (Å²) in [6, 6.07) is 14.6. The maximum atomic E-state index is 5.61. The predicted molar refractivity (Wildman–Crippen MR) is 102 cm³/mol. The first-order chi connectivity index (χ1) is 12.8. The molecular weight excluding hydrogens is 346 g/mol. The first kappa shape index (κ1) is 15.4. The Morgan fingerprint density at radius 1 is 1.12 bits per heavy atom. The largest absolute Gasteiger partial charge is 0.454 e. The molecule has 5 nitrogen and oxygen atoms in total. The highest BCUT2D eigenvalue weighted by atomic mass is 32.1. The van der Waals surface area contributed by atoms with Crippen LogP contribution in [-0.4, -0.2) is 23.5 Å². The lowest BCUT2D eigenvalue weighted by Gasteiger charge is -2.22. The number of thiazole rings is 1. The standard InChI is InChI=1S/C20H17N3O2S/c1-13-9-15-10-17-18(25-12-24-17)11-16(15)19(14-5-3-2-4-6-14)22-23(13)20-21-7-8-26-20/h2-8,10-11,13H,9,12H2,1H3. The van der Waals surface area contributed by atoms with Crippen molar-refractivity contribution in [2.75, 3.05) is 11.8 Å². The second kappa shape index (κ2) is 6.14. The summed E-state index contributed by atoms with van der Waals surface area (Å²) in [5.41, 5.74) is 4.30. The second-order valence-corrected chi connectivity index (χ2v) is 7.26. The van der Waals surface area contributed by atoms with Crippen LogP contribution in [0.1, 0.15) is 23.6 Å². The lowest BCUT2D eigenvalue weighted by atomic mass is 9.94. The minimum absolute atomic E-state index is 0.182. The quantitative estimate of drug-likeness (QED) is 0.688. The summed E-state index contributed by atoms with van der Waals surface area (Å²) in [6.07, 6.45) is 2.67. The van der Waals surface area contributed by atoms with Crippen LogP contribution in [0.15, 0.2) is 59.1 Å². The average Bonchev–Trinajstić information content (AvgIpc) is 3.32. The summed E-state index contributed by atoms with van der Waals surface area (Å²) in [6.45, 7) is 2.45. The molecule has 2 aliphatic heterocycles. The molecule has 2 aliphatic rings. The molecule has 26 heavy (non-hydrogen) atoms. The van der Waals surface area contributed by atoms with E-state index in [-0.39, 0.29) is 12.8 Å². The van der Waals surface area contributed by atoms with Crippen molar-refractivity contribution in [2.24, 2.45) is 5.10 Å². The van der Waals surface area contributed by atoms with Crippen LogP contribution in [0.4, 0.5) is 5.13 Å². The Labute approximate surface area is 155 Å². The number of anilines is 1. The average molecular weight is 363 g/mol. The van der Waals surface area contributed by atoms with E-state index in [0.29, 0.717) is 0 Å². The fraction of sp³-hybridized carbons (Fsp3) is 0.200. The molecule has 0 spiro atoms. The topological polar surface area (TPSA) is 47.0 Å².